The molecule has 1 aromatic rings. The first kappa shape index (κ1) is 12.1. The lowest BCUT2D eigenvalue weighted by molar-refractivity contribution is -0.138. The Balaban J connectivity index is 3.32. The average molecular weight is 231 g/mol. The molecular formula is C9H7F2NO4. The number of carboxylic acids is 2. The number of aromatic carboxylic acids is 1. The summed E-state index contributed by atoms with van der Waals surface area (Å²) in [4.78, 5) is 20.9. The smallest absolute Gasteiger partial charge is 0.338 e. The van der Waals surface area contributed by atoms with E-state index in [1.807, 2.05) is 0 Å². The van der Waals surface area contributed by atoms with Crippen LogP contribution in [0.15, 0.2) is 12.1 Å². The van der Waals surface area contributed by atoms with Crippen LogP contribution in [-0.2, 0) is 4.79 Å². The highest BCUT2D eigenvalue weighted by atomic mass is 19.2. The minimum Gasteiger partial charge on any atom is -0.480 e. The lowest BCUT2D eigenvalue weighted by atomic mass is 10.0. The predicted octanol–water partition coefficient (Wildman–Crippen LogP) is 0.747. The Bertz CT molecular complexity index is 461. The molecule has 0 aromatic heterocycles. The molecule has 1 unspecified atom stereocenters. The predicted molar refractivity (Wildman–Crippen MR) is 47.9 cm³/mol. The molecule has 0 bridgehead atoms. The minimum atomic E-state index is -1.74. The summed E-state index contributed by atoms with van der Waals surface area (Å²) in [5.74, 6) is -6.37. The first-order valence-electron chi connectivity index (χ1n) is 4.05. The second kappa shape index (κ2) is 4.23. The van der Waals surface area contributed by atoms with Crippen LogP contribution in [0.25, 0.3) is 0 Å². The zero-order valence-electron chi connectivity index (χ0n) is 7.78. The third-order valence-electron chi connectivity index (χ3n) is 1.94. The second-order valence-electron chi connectivity index (χ2n) is 2.95. The summed E-state index contributed by atoms with van der Waals surface area (Å²) in [6.45, 7) is 0. The maximum Gasteiger partial charge on any atom is 0.338 e. The fourth-order valence-electron chi connectivity index (χ4n) is 1.10. The number of benzene rings is 1. The van der Waals surface area contributed by atoms with Gasteiger partial charge >= 0.3 is 11.9 Å². The molecular weight excluding hydrogens is 224 g/mol. The first-order valence-corrected chi connectivity index (χ1v) is 4.05. The van der Waals surface area contributed by atoms with Gasteiger partial charge in [0, 0.05) is 5.56 Å². The van der Waals surface area contributed by atoms with Gasteiger partial charge in [-0.05, 0) is 6.07 Å². The van der Waals surface area contributed by atoms with Crippen LogP contribution in [0, 0.1) is 11.6 Å². The van der Waals surface area contributed by atoms with Crippen molar-refractivity contribution in [3.05, 3.63) is 34.9 Å². The molecule has 0 aliphatic rings. The van der Waals surface area contributed by atoms with Gasteiger partial charge < -0.3 is 15.9 Å². The maximum absolute atomic E-state index is 13.3. The molecule has 1 rings (SSSR count). The molecule has 0 aliphatic carbocycles. The van der Waals surface area contributed by atoms with Crippen molar-refractivity contribution in [2.75, 3.05) is 0 Å². The molecule has 0 amide bonds. The molecule has 0 saturated heterocycles. The van der Waals surface area contributed by atoms with Crippen LogP contribution in [0.1, 0.15) is 22.0 Å². The van der Waals surface area contributed by atoms with Crippen LogP contribution in [-0.4, -0.2) is 22.2 Å². The molecule has 7 heteroatoms. The van der Waals surface area contributed by atoms with E-state index >= 15 is 0 Å². The van der Waals surface area contributed by atoms with Gasteiger partial charge in [-0.2, -0.15) is 0 Å². The van der Waals surface area contributed by atoms with E-state index in [1.54, 1.807) is 0 Å². The third kappa shape index (κ3) is 1.98. The van der Waals surface area contributed by atoms with Crippen molar-refractivity contribution in [2.24, 2.45) is 5.73 Å². The number of hydrogen-bond donors (Lipinski definition) is 3. The number of carbonyl (C=O) groups is 2. The highest BCUT2D eigenvalue weighted by molar-refractivity contribution is 5.88. The average Bonchev–Trinajstić information content (AvgIpc) is 2.20. The lowest BCUT2D eigenvalue weighted by Crippen LogP contribution is -2.23. The monoisotopic (exact) mass is 231 g/mol. The van der Waals surface area contributed by atoms with Gasteiger partial charge in [-0.15, -0.1) is 0 Å². The standard InChI is InChI=1S/C9H7F2NO4/c10-5-3(7(12)9(15)16)1-2-4(6(5)11)8(13)14/h1-2,7H,12H2,(H,13,14)(H,15,16). The quantitative estimate of drug-likeness (QED) is 0.712. The SMILES string of the molecule is NC(C(=O)O)c1ccc(C(=O)O)c(F)c1F. The van der Waals surface area contributed by atoms with Crippen LogP contribution < -0.4 is 5.73 Å². The molecule has 1 aromatic carbocycles. The second-order valence-corrected chi connectivity index (χ2v) is 2.95. The van der Waals surface area contributed by atoms with Gasteiger partial charge in [0.05, 0.1) is 5.56 Å². The van der Waals surface area contributed by atoms with Gasteiger partial charge in [0.2, 0.25) is 0 Å². The van der Waals surface area contributed by atoms with Crippen LogP contribution in [0.3, 0.4) is 0 Å². The van der Waals surface area contributed by atoms with Gasteiger partial charge in [0.1, 0.15) is 6.04 Å². The van der Waals surface area contributed by atoms with Crippen molar-refractivity contribution in [1.29, 1.82) is 0 Å². The number of halogens is 2. The Kier molecular flexibility index (Phi) is 3.19. The van der Waals surface area contributed by atoms with E-state index in [-0.39, 0.29) is 0 Å². The van der Waals surface area contributed by atoms with Crippen molar-refractivity contribution in [1.82, 2.24) is 0 Å². The van der Waals surface area contributed by atoms with Crippen LogP contribution in [0.4, 0.5) is 8.78 Å². The molecule has 1 atom stereocenters. The summed E-state index contributed by atoms with van der Waals surface area (Å²) < 4.78 is 26.4. The van der Waals surface area contributed by atoms with Gasteiger partial charge in [-0.1, -0.05) is 6.07 Å². The number of rotatable bonds is 3. The first-order chi connectivity index (χ1) is 7.36. The number of hydrogen-bond acceptors (Lipinski definition) is 3. The zero-order valence-corrected chi connectivity index (χ0v) is 7.78. The van der Waals surface area contributed by atoms with E-state index in [1.165, 1.54) is 0 Å². The number of nitrogens with two attached hydrogens (primary N) is 1. The zero-order chi connectivity index (χ0) is 12.5. The highest BCUT2D eigenvalue weighted by Crippen LogP contribution is 2.21. The van der Waals surface area contributed by atoms with Crippen molar-refractivity contribution >= 4 is 11.9 Å². The Hall–Kier alpha value is -2.02. The maximum atomic E-state index is 13.3. The lowest BCUT2D eigenvalue weighted by Gasteiger charge is -2.09. The Morgan fingerprint density at radius 2 is 1.75 bits per heavy atom. The fourth-order valence-corrected chi connectivity index (χ4v) is 1.10. The normalized spacial score (nSPS) is 12.2. The molecule has 0 spiro atoms. The topological polar surface area (TPSA) is 101 Å². The molecule has 86 valence electrons. The molecule has 0 fully saturated rings. The summed E-state index contributed by atoms with van der Waals surface area (Å²) >= 11 is 0. The number of carboxylic acid groups (broad SMARTS) is 2. The van der Waals surface area contributed by atoms with E-state index in [0.717, 1.165) is 12.1 Å². The number of aliphatic carboxylic acids is 1. The molecule has 4 N–H and O–H groups in total. The summed E-state index contributed by atoms with van der Waals surface area (Å²) in [6.07, 6.45) is 0. The van der Waals surface area contributed by atoms with Crippen LogP contribution in [0.2, 0.25) is 0 Å². The largest absolute Gasteiger partial charge is 0.480 e. The van der Waals surface area contributed by atoms with Crippen molar-refractivity contribution in [2.45, 2.75) is 6.04 Å². The summed E-state index contributed by atoms with van der Waals surface area (Å²) in [7, 11) is 0. The van der Waals surface area contributed by atoms with Gasteiger partial charge in [-0.3, -0.25) is 4.79 Å². The molecule has 5 nitrogen and oxygen atoms in total. The summed E-state index contributed by atoms with van der Waals surface area (Å²) in [6, 6.07) is -0.142. The van der Waals surface area contributed by atoms with Crippen LogP contribution in [0.5, 0.6) is 0 Å². The minimum absolute atomic E-state index is 0.602. The van der Waals surface area contributed by atoms with Crippen LogP contribution >= 0.6 is 0 Å². The Morgan fingerprint density at radius 3 is 2.19 bits per heavy atom. The fraction of sp³-hybridized carbons (Fsp3) is 0.111. The van der Waals surface area contributed by atoms with Crippen molar-refractivity contribution in [3.8, 4) is 0 Å². The Labute approximate surface area is 88.1 Å². The molecule has 16 heavy (non-hydrogen) atoms. The van der Waals surface area contributed by atoms with Crippen molar-refractivity contribution < 1.29 is 28.6 Å². The van der Waals surface area contributed by atoms with Gasteiger partial charge in [-0.25, -0.2) is 13.6 Å². The molecule has 0 saturated carbocycles. The van der Waals surface area contributed by atoms with E-state index in [9.17, 15) is 18.4 Å². The third-order valence-corrected chi connectivity index (χ3v) is 1.94. The van der Waals surface area contributed by atoms with E-state index in [4.69, 9.17) is 15.9 Å². The summed E-state index contributed by atoms with van der Waals surface area (Å²) in [5, 5.41) is 17.0. The van der Waals surface area contributed by atoms with Gasteiger partial charge in [0.25, 0.3) is 0 Å². The Morgan fingerprint density at radius 1 is 1.19 bits per heavy atom. The molecule has 0 aliphatic heterocycles. The van der Waals surface area contributed by atoms with Gasteiger partial charge in [0.15, 0.2) is 11.6 Å². The molecule has 0 radical (unpaired) electrons. The van der Waals surface area contributed by atoms with E-state index < -0.39 is 40.7 Å². The summed E-state index contributed by atoms with van der Waals surface area (Å²) in [5.41, 5.74) is 3.60. The van der Waals surface area contributed by atoms with E-state index in [0.29, 0.717) is 0 Å². The molecule has 0 heterocycles. The van der Waals surface area contributed by atoms with E-state index in [2.05, 4.69) is 0 Å². The van der Waals surface area contributed by atoms with Crippen molar-refractivity contribution in [3.63, 3.8) is 0 Å². The highest BCUT2D eigenvalue weighted by Gasteiger charge is 2.24.